The molecular weight excluding hydrogens is 247 g/mol. The van der Waals surface area contributed by atoms with Crippen molar-refractivity contribution in [2.75, 3.05) is 13.1 Å². The molecule has 0 aromatic heterocycles. The molecule has 7 heteroatoms. The van der Waals surface area contributed by atoms with Gasteiger partial charge in [0.05, 0.1) is 6.54 Å². The first-order chi connectivity index (χ1) is 8.47. The van der Waals surface area contributed by atoms with Crippen molar-refractivity contribution in [3.63, 3.8) is 0 Å². The van der Waals surface area contributed by atoms with E-state index >= 15 is 0 Å². The zero-order chi connectivity index (χ0) is 13.2. The quantitative estimate of drug-likeness (QED) is 0.901. The van der Waals surface area contributed by atoms with E-state index in [1.165, 1.54) is 4.90 Å². The SMILES string of the molecule is NC1=NCCN1C(OC(F)(F)F)c1ccccc1. The summed E-state index contributed by atoms with van der Waals surface area (Å²) in [5, 5.41) is 0. The Balaban J connectivity index is 2.26. The third-order valence-corrected chi connectivity index (χ3v) is 2.52. The molecule has 0 fully saturated rings. The van der Waals surface area contributed by atoms with Crippen LogP contribution in [0.15, 0.2) is 35.3 Å². The van der Waals surface area contributed by atoms with Crippen LogP contribution in [0.1, 0.15) is 11.8 Å². The van der Waals surface area contributed by atoms with Gasteiger partial charge in [0, 0.05) is 12.1 Å². The van der Waals surface area contributed by atoms with Crippen molar-refractivity contribution in [3.05, 3.63) is 35.9 Å². The lowest BCUT2D eigenvalue weighted by Gasteiger charge is -2.29. The van der Waals surface area contributed by atoms with Gasteiger partial charge in [-0.05, 0) is 0 Å². The van der Waals surface area contributed by atoms with E-state index in [2.05, 4.69) is 9.73 Å². The summed E-state index contributed by atoms with van der Waals surface area (Å²) in [5.74, 6) is 0.0631. The van der Waals surface area contributed by atoms with Gasteiger partial charge in [-0.15, -0.1) is 13.2 Å². The molecule has 0 spiro atoms. The summed E-state index contributed by atoms with van der Waals surface area (Å²) >= 11 is 0. The average molecular weight is 259 g/mol. The maximum Gasteiger partial charge on any atom is 0.524 e. The molecule has 0 bridgehead atoms. The minimum atomic E-state index is -4.73. The van der Waals surface area contributed by atoms with Crippen LogP contribution < -0.4 is 5.73 Å². The third-order valence-electron chi connectivity index (χ3n) is 2.52. The highest BCUT2D eigenvalue weighted by Gasteiger charge is 2.38. The van der Waals surface area contributed by atoms with Gasteiger partial charge in [-0.25, -0.2) is 0 Å². The van der Waals surface area contributed by atoms with Gasteiger partial charge in [-0.1, -0.05) is 30.3 Å². The van der Waals surface area contributed by atoms with Crippen molar-refractivity contribution in [2.45, 2.75) is 12.6 Å². The van der Waals surface area contributed by atoms with Crippen LogP contribution >= 0.6 is 0 Å². The number of hydrogen-bond donors (Lipinski definition) is 1. The number of aliphatic imine (C=N–C) groups is 1. The van der Waals surface area contributed by atoms with E-state index in [0.29, 0.717) is 18.7 Å². The summed E-state index contributed by atoms with van der Waals surface area (Å²) in [4.78, 5) is 5.16. The van der Waals surface area contributed by atoms with E-state index in [-0.39, 0.29) is 5.96 Å². The minimum Gasteiger partial charge on any atom is -0.370 e. The van der Waals surface area contributed by atoms with Crippen LogP contribution in [0.3, 0.4) is 0 Å². The zero-order valence-corrected chi connectivity index (χ0v) is 9.39. The standard InChI is InChI=1S/C11H12F3N3O/c12-11(13,14)18-9(8-4-2-1-3-5-8)17-7-6-16-10(17)15/h1-5,9H,6-7H2,(H2,15,16). The molecule has 1 unspecified atom stereocenters. The maximum atomic E-state index is 12.4. The van der Waals surface area contributed by atoms with Gasteiger partial charge < -0.3 is 10.6 Å². The van der Waals surface area contributed by atoms with Crippen molar-refractivity contribution in [2.24, 2.45) is 10.7 Å². The van der Waals surface area contributed by atoms with Crippen molar-refractivity contribution >= 4 is 5.96 Å². The van der Waals surface area contributed by atoms with Gasteiger partial charge in [0.2, 0.25) is 0 Å². The summed E-state index contributed by atoms with van der Waals surface area (Å²) < 4.78 is 41.5. The number of hydrogen-bond acceptors (Lipinski definition) is 4. The van der Waals surface area contributed by atoms with Gasteiger partial charge >= 0.3 is 6.36 Å². The Labute approximate surface area is 102 Å². The number of halogens is 3. The number of guanidine groups is 1. The van der Waals surface area contributed by atoms with Crippen LogP contribution in [-0.2, 0) is 4.74 Å². The molecule has 1 aromatic carbocycles. The van der Waals surface area contributed by atoms with Crippen molar-refractivity contribution in [1.29, 1.82) is 0 Å². The fourth-order valence-electron chi connectivity index (χ4n) is 1.77. The second kappa shape index (κ2) is 4.85. The normalized spacial score (nSPS) is 17.7. The van der Waals surface area contributed by atoms with Crippen LogP contribution in [-0.4, -0.2) is 30.3 Å². The summed E-state index contributed by atoms with van der Waals surface area (Å²) in [6, 6.07) is 8.12. The lowest BCUT2D eigenvalue weighted by molar-refractivity contribution is -0.358. The lowest BCUT2D eigenvalue weighted by Crippen LogP contribution is -2.40. The van der Waals surface area contributed by atoms with Crippen LogP contribution in [0, 0.1) is 0 Å². The van der Waals surface area contributed by atoms with Gasteiger partial charge in [-0.3, -0.25) is 9.73 Å². The molecule has 2 N–H and O–H groups in total. The van der Waals surface area contributed by atoms with Gasteiger partial charge in [-0.2, -0.15) is 0 Å². The maximum absolute atomic E-state index is 12.4. The van der Waals surface area contributed by atoms with E-state index in [1.54, 1.807) is 30.3 Å². The Morgan fingerprint density at radius 1 is 1.28 bits per heavy atom. The molecule has 0 saturated heterocycles. The molecule has 1 aromatic rings. The molecular formula is C11H12F3N3O. The van der Waals surface area contributed by atoms with E-state index in [0.717, 1.165) is 0 Å². The van der Waals surface area contributed by atoms with Gasteiger partial charge in [0.1, 0.15) is 0 Å². The van der Waals surface area contributed by atoms with Gasteiger partial charge in [0.25, 0.3) is 0 Å². The molecule has 0 saturated carbocycles. The monoisotopic (exact) mass is 259 g/mol. The number of nitrogens with zero attached hydrogens (tertiary/aromatic N) is 2. The Hall–Kier alpha value is -1.76. The number of alkyl halides is 3. The molecule has 98 valence electrons. The summed E-state index contributed by atoms with van der Waals surface area (Å²) in [6.45, 7) is 0.678. The van der Waals surface area contributed by atoms with Crippen LogP contribution in [0.4, 0.5) is 13.2 Å². The second-order valence-corrected chi connectivity index (χ2v) is 3.76. The molecule has 18 heavy (non-hydrogen) atoms. The summed E-state index contributed by atoms with van der Waals surface area (Å²) in [6.07, 6.45) is -6.03. The molecule has 1 aliphatic heterocycles. The van der Waals surface area contributed by atoms with Crippen LogP contribution in [0.25, 0.3) is 0 Å². The first-order valence-electron chi connectivity index (χ1n) is 5.33. The zero-order valence-electron chi connectivity index (χ0n) is 9.39. The third kappa shape index (κ3) is 2.92. The minimum absolute atomic E-state index is 0.0631. The lowest BCUT2D eigenvalue weighted by atomic mass is 10.2. The molecule has 0 aliphatic carbocycles. The van der Waals surface area contributed by atoms with E-state index in [4.69, 9.17) is 5.73 Å². The van der Waals surface area contributed by atoms with E-state index < -0.39 is 12.6 Å². The molecule has 0 amide bonds. The largest absolute Gasteiger partial charge is 0.524 e. The average Bonchev–Trinajstić information content (AvgIpc) is 2.72. The smallest absolute Gasteiger partial charge is 0.370 e. The van der Waals surface area contributed by atoms with Crippen LogP contribution in [0.5, 0.6) is 0 Å². The van der Waals surface area contributed by atoms with E-state index in [9.17, 15) is 13.2 Å². The number of benzene rings is 1. The highest BCUT2D eigenvalue weighted by molar-refractivity contribution is 5.79. The molecule has 1 heterocycles. The van der Waals surface area contributed by atoms with Crippen molar-refractivity contribution in [1.82, 2.24) is 4.90 Å². The second-order valence-electron chi connectivity index (χ2n) is 3.76. The Morgan fingerprint density at radius 3 is 2.44 bits per heavy atom. The molecule has 0 radical (unpaired) electrons. The van der Waals surface area contributed by atoms with Crippen molar-refractivity contribution < 1.29 is 17.9 Å². The number of rotatable bonds is 3. The van der Waals surface area contributed by atoms with Crippen molar-refractivity contribution in [3.8, 4) is 0 Å². The first-order valence-corrected chi connectivity index (χ1v) is 5.33. The Morgan fingerprint density at radius 2 is 1.94 bits per heavy atom. The fourth-order valence-corrected chi connectivity index (χ4v) is 1.77. The topological polar surface area (TPSA) is 50.8 Å². The predicted octanol–water partition coefficient (Wildman–Crippen LogP) is 1.85. The highest BCUT2D eigenvalue weighted by atomic mass is 19.4. The van der Waals surface area contributed by atoms with E-state index in [1.807, 2.05) is 0 Å². The highest BCUT2D eigenvalue weighted by Crippen LogP contribution is 2.31. The summed E-state index contributed by atoms with van der Waals surface area (Å²) in [5.41, 5.74) is 5.95. The van der Waals surface area contributed by atoms with Crippen LogP contribution in [0.2, 0.25) is 0 Å². The fraction of sp³-hybridized carbons (Fsp3) is 0.364. The number of ether oxygens (including phenoxy) is 1. The predicted molar refractivity (Wildman–Crippen MR) is 59.5 cm³/mol. The molecule has 1 atom stereocenters. The molecule has 4 nitrogen and oxygen atoms in total. The Bertz CT molecular complexity index is 433. The Kier molecular flexibility index (Phi) is 3.42. The number of nitrogens with two attached hydrogens (primary N) is 1. The van der Waals surface area contributed by atoms with Gasteiger partial charge in [0.15, 0.2) is 12.2 Å². The molecule has 2 rings (SSSR count). The summed E-state index contributed by atoms with van der Waals surface area (Å²) in [7, 11) is 0. The molecule has 1 aliphatic rings. The first kappa shape index (κ1) is 12.7.